The molecule has 0 fully saturated rings. The summed E-state index contributed by atoms with van der Waals surface area (Å²) in [4.78, 5) is 29.4. The molecule has 0 radical (unpaired) electrons. The zero-order valence-electron chi connectivity index (χ0n) is 25.2. The van der Waals surface area contributed by atoms with Gasteiger partial charge in [-0.2, -0.15) is 0 Å². The minimum Gasteiger partial charge on any atom is -0.354 e. The molecule has 230 valence electrons. The van der Waals surface area contributed by atoms with Crippen molar-refractivity contribution in [3.05, 3.63) is 131 Å². The summed E-state index contributed by atoms with van der Waals surface area (Å²) in [6.45, 7) is 5.11. The first kappa shape index (κ1) is 32.4. The third-order valence-corrected chi connectivity index (χ3v) is 9.14. The number of anilines is 1. The van der Waals surface area contributed by atoms with Gasteiger partial charge in [0.2, 0.25) is 11.8 Å². The van der Waals surface area contributed by atoms with Crippen LogP contribution < -0.4 is 9.62 Å². The highest BCUT2D eigenvalue weighted by Crippen LogP contribution is 2.29. The Balaban J connectivity index is 1.83. The number of sulfonamides is 1. The molecular formula is C35H38FN3O4S. The van der Waals surface area contributed by atoms with Crippen LogP contribution in [0.3, 0.4) is 0 Å². The van der Waals surface area contributed by atoms with Gasteiger partial charge in [-0.1, -0.05) is 85.8 Å². The lowest BCUT2D eigenvalue weighted by atomic mass is 10.0. The number of halogens is 1. The fraction of sp³-hybridized carbons (Fsp3) is 0.257. The highest BCUT2D eigenvalue weighted by Gasteiger charge is 2.35. The standard InChI is InChI=1S/C35H38FN3O4S/c1-4-21-37-35(41)33(23-28-13-7-5-8-14-28)38(24-29-15-11-12-18-31(29)36)34(40)25-39(32-22-26(2)19-20-27(32)3)44(42,43)30-16-9-6-10-17-30/h5-20,22,33H,4,21,23-25H2,1-3H3,(H,37,41)/t33-/m1/s1. The number of nitrogens with one attached hydrogen (secondary N) is 1. The Morgan fingerprint density at radius 2 is 1.50 bits per heavy atom. The maximum absolute atomic E-state index is 15.0. The van der Waals surface area contributed by atoms with Gasteiger partial charge in [0.1, 0.15) is 18.4 Å². The lowest BCUT2D eigenvalue weighted by Gasteiger charge is -2.34. The Morgan fingerprint density at radius 1 is 0.864 bits per heavy atom. The molecule has 1 atom stereocenters. The number of amides is 2. The molecule has 4 rings (SSSR count). The van der Waals surface area contributed by atoms with Crippen LogP contribution >= 0.6 is 0 Å². The van der Waals surface area contributed by atoms with E-state index >= 15 is 0 Å². The molecule has 0 aliphatic carbocycles. The predicted octanol–water partition coefficient (Wildman–Crippen LogP) is 5.80. The van der Waals surface area contributed by atoms with E-state index in [9.17, 15) is 22.4 Å². The first-order valence-electron chi connectivity index (χ1n) is 14.6. The molecule has 2 amide bonds. The molecule has 0 heterocycles. The molecule has 7 nitrogen and oxygen atoms in total. The monoisotopic (exact) mass is 615 g/mol. The Bertz CT molecular complexity index is 1680. The van der Waals surface area contributed by atoms with Crippen molar-refractivity contribution in [2.24, 2.45) is 0 Å². The molecule has 0 saturated carbocycles. The van der Waals surface area contributed by atoms with Crippen molar-refractivity contribution in [2.75, 3.05) is 17.4 Å². The van der Waals surface area contributed by atoms with E-state index in [1.165, 1.54) is 23.1 Å². The number of nitrogens with zero attached hydrogens (tertiary/aromatic N) is 2. The molecule has 0 saturated heterocycles. The number of carbonyl (C=O) groups excluding carboxylic acids is 2. The van der Waals surface area contributed by atoms with Gasteiger partial charge in [-0.15, -0.1) is 0 Å². The second-order valence-electron chi connectivity index (χ2n) is 10.7. The second kappa shape index (κ2) is 14.8. The van der Waals surface area contributed by atoms with E-state index in [4.69, 9.17) is 0 Å². The van der Waals surface area contributed by atoms with Gasteiger partial charge in [0, 0.05) is 25.1 Å². The minimum atomic E-state index is -4.21. The Morgan fingerprint density at radius 3 is 2.16 bits per heavy atom. The third kappa shape index (κ3) is 7.90. The summed E-state index contributed by atoms with van der Waals surface area (Å²) in [7, 11) is -4.21. The van der Waals surface area contributed by atoms with E-state index in [1.807, 2.05) is 50.2 Å². The van der Waals surface area contributed by atoms with E-state index in [2.05, 4.69) is 5.32 Å². The Kier molecular flexibility index (Phi) is 10.9. The van der Waals surface area contributed by atoms with Gasteiger partial charge in [-0.3, -0.25) is 13.9 Å². The molecule has 0 spiro atoms. The summed E-state index contributed by atoms with van der Waals surface area (Å²) in [6, 6.07) is 27.6. The van der Waals surface area contributed by atoms with Crippen LogP contribution in [0, 0.1) is 19.7 Å². The van der Waals surface area contributed by atoms with Crippen molar-refractivity contribution in [3.8, 4) is 0 Å². The van der Waals surface area contributed by atoms with E-state index in [0.717, 1.165) is 15.4 Å². The van der Waals surface area contributed by atoms with Gasteiger partial charge in [0.15, 0.2) is 0 Å². The normalized spacial score (nSPS) is 11.9. The topological polar surface area (TPSA) is 86.8 Å². The lowest BCUT2D eigenvalue weighted by Crippen LogP contribution is -2.53. The Labute approximate surface area is 259 Å². The molecule has 0 aromatic heterocycles. The molecule has 1 N–H and O–H groups in total. The molecule has 4 aromatic carbocycles. The van der Waals surface area contributed by atoms with Crippen molar-refractivity contribution >= 4 is 27.5 Å². The van der Waals surface area contributed by atoms with E-state index < -0.39 is 40.2 Å². The van der Waals surface area contributed by atoms with Crippen molar-refractivity contribution in [2.45, 2.75) is 51.1 Å². The Hall–Kier alpha value is -4.50. The van der Waals surface area contributed by atoms with Crippen LogP contribution in [0.15, 0.2) is 108 Å². The van der Waals surface area contributed by atoms with Gasteiger partial charge in [-0.05, 0) is 61.2 Å². The quantitative estimate of drug-likeness (QED) is 0.206. The second-order valence-corrected chi connectivity index (χ2v) is 12.6. The molecule has 9 heteroatoms. The predicted molar refractivity (Wildman–Crippen MR) is 171 cm³/mol. The van der Waals surface area contributed by atoms with Crippen LogP contribution in [-0.4, -0.2) is 44.3 Å². The molecular weight excluding hydrogens is 577 g/mol. The molecule has 0 bridgehead atoms. The summed E-state index contributed by atoms with van der Waals surface area (Å²) in [6.07, 6.45) is 0.840. The summed E-state index contributed by atoms with van der Waals surface area (Å²) < 4.78 is 44.3. The molecule has 0 aliphatic heterocycles. The van der Waals surface area contributed by atoms with Crippen molar-refractivity contribution < 1.29 is 22.4 Å². The molecule has 0 unspecified atom stereocenters. The number of carbonyl (C=O) groups is 2. The summed E-state index contributed by atoms with van der Waals surface area (Å²) in [5.74, 6) is -1.56. The van der Waals surface area contributed by atoms with Crippen LogP contribution in [0.25, 0.3) is 0 Å². The maximum atomic E-state index is 15.0. The van der Waals surface area contributed by atoms with Gasteiger partial charge in [0.05, 0.1) is 10.6 Å². The smallest absolute Gasteiger partial charge is 0.264 e. The average molecular weight is 616 g/mol. The maximum Gasteiger partial charge on any atom is 0.264 e. The van der Waals surface area contributed by atoms with Crippen molar-refractivity contribution in [1.82, 2.24) is 10.2 Å². The van der Waals surface area contributed by atoms with Crippen molar-refractivity contribution in [1.29, 1.82) is 0 Å². The SMILES string of the molecule is CCCNC(=O)[C@@H](Cc1ccccc1)N(Cc1ccccc1F)C(=O)CN(c1cc(C)ccc1C)S(=O)(=O)c1ccccc1. The van der Waals surface area contributed by atoms with Crippen LogP contribution in [0.1, 0.15) is 35.6 Å². The lowest BCUT2D eigenvalue weighted by molar-refractivity contribution is -0.140. The van der Waals surface area contributed by atoms with Gasteiger partial charge >= 0.3 is 0 Å². The average Bonchev–Trinajstić information content (AvgIpc) is 3.03. The number of aryl methyl sites for hydroxylation is 2. The van der Waals surface area contributed by atoms with Gasteiger partial charge in [-0.25, -0.2) is 12.8 Å². The number of benzene rings is 4. The fourth-order valence-corrected chi connectivity index (χ4v) is 6.44. The largest absolute Gasteiger partial charge is 0.354 e. The van der Waals surface area contributed by atoms with Crippen LogP contribution in [0.5, 0.6) is 0 Å². The molecule has 44 heavy (non-hydrogen) atoms. The van der Waals surface area contributed by atoms with Gasteiger partial charge < -0.3 is 10.2 Å². The van der Waals surface area contributed by atoms with Crippen molar-refractivity contribution in [3.63, 3.8) is 0 Å². The first-order valence-corrected chi connectivity index (χ1v) is 16.1. The zero-order valence-corrected chi connectivity index (χ0v) is 26.1. The van der Waals surface area contributed by atoms with Crippen LogP contribution in [-0.2, 0) is 32.6 Å². The van der Waals surface area contributed by atoms with Gasteiger partial charge in [0.25, 0.3) is 10.0 Å². The fourth-order valence-electron chi connectivity index (χ4n) is 4.95. The highest BCUT2D eigenvalue weighted by atomic mass is 32.2. The number of hydrogen-bond acceptors (Lipinski definition) is 4. The van der Waals surface area contributed by atoms with Crippen LogP contribution in [0.4, 0.5) is 10.1 Å². The number of rotatable bonds is 13. The highest BCUT2D eigenvalue weighted by molar-refractivity contribution is 7.92. The summed E-state index contributed by atoms with van der Waals surface area (Å²) in [5, 5.41) is 2.89. The van der Waals surface area contributed by atoms with E-state index in [1.54, 1.807) is 55.5 Å². The van der Waals surface area contributed by atoms with E-state index in [0.29, 0.717) is 24.2 Å². The molecule has 4 aromatic rings. The first-order chi connectivity index (χ1) is 21.1. The summed E-state index contributed by atoms with van der Waals surface area (Å²) in [5.41, 5.74) is 2.84. The van der Waals surface area contributed by atoms with E-state index in [-0.39, 0.29) is 23.4 Å². The summed E-state index contributed by atoms with van der Waals surface area (Å²) >= 11 is 0. The third-order valence-electron chi connectivity index (χ3n) is 7.36. The zero-order chi connectivity index (χ0) is 31.7. The number of hydrogen-bond donors (Lipinski definition) is 1. The minimum absolute atomic E-state index is 0.0240. The van der Waals surface area contributed by atoms with Crippen LogP contribution in [0.2, 0.25) is 0 Å². The molecule has 0 aliphatic rings.